The van der Waals surface area contributed by atoms with Crippen LogP contribution in [0.1, 0.15) is 109 Å². The fourth-order valence-corrected chi connectivity index (χ4v) is 9.40. The van der Waals surface area contributed by atoms with Gasteiger partial charge in [0.1, 0.15) is 51.6 Å². The highest BCUT2D eigenvalue weighted by molar-refractivity contribution is 6.01. The highest BCUT2D eigenvalue weighted by Gasteiger charge is 2.23. The molecule has 0 unspecified atom stereocenters. The average Bonchev–Trinajstić information content (AvgIpc) is 0.783. The Bertz CT molecular complexity index is 4790. The Hall–Kier alpha value is -14.5. The molecule has 0 radical (unpaired) electrons. The number of carbonyl (C=O) groups excluding carboxylic acids is 13. The lowest BCUT2D eigenvalue weighted by Gasteiger charge is -2.12. The molecule has 113 heavy (non-hydrogen) atoms. The van der Waals surface area contributed by atoms with Crippen molar-refractivity contribution in [1.29, 1.82) is 0 Å². The standard InChI is InChI=1S/C46H40O16.C37H36O14/c1-4-40(47)55-20-6-8-22-57-45(52)60-35-16-14-29-24-33(12-10-31(29)26-35)42(49)59-37-18-19-39(38(28-37)44(51)54-3)62-43(50)34-13-11-32-27-36(17-15-30(32)25-34)61-46(53)58-23-9-7-21-56-41(48)5-2;1-4-32(38)44-20-6-8-22-46-36(42)49-28-14-10-26(11-15-28)34(40)48-30-18-19-31(25(3)24-30)51-35(41)27-12-16-29(17-13-27)50-37(43)47-23-9-7-21-45-33(39)5-2/h4-5,10-19,24-28H,1-2,6-9,20-23H2,3H3;4-5,10-19,24H,1-2,6-9,20-23H2,3H3. The largest absolute Gasteiger partial charge is 0.513 e. The molecule has 0 saturated heterocycles. The van der Waals surface area contributed by atoms with Crippen LogP contribution < -0.4 is 37.9 Å². The number of benzene rings is 8. The molecule has 0 aliphatic carbocycles. The molecular formula is C83H76O30. The van der Waals surface area contributed by atoms with E-state index in [2.05, 4.69) is 26.3 Å². The van der Waals surface area contributed by atoms with Crippen LogP contribution in [0.5, 0.6) is 46.0 Å². The zero-order valence-corrected chi connectivity index (χ0v) is 61.2. The van der Waals surface area contributed by atoms with Crippen LogP contribution in [0.3, 0.4) is 0 Å². The molecule has 0 aliphatic rings. The average molecular weight is 1550 g/mol. The number of methoxy groups -OCH3 is 1. The Morgan fingerprint density at radius 3 is 0.894 bits per heavy atom. The first-order valence-electron chi connectivity index (χ1n) is 34.6. The van der Waals surface area contributed by atoms with Crippen LogP contribution in [0, 0.1) is 6.92 Å². The van der Waals surface area contributed by atoms with Gasteiger partial charge in [-0.05, 0) is 219 Å². The lowest BCUT2D eigenvalue weighted by molar-refractivity contribution is -0.138. The molecule has 0 bridgehead atoms. The van der Waals surface area contributed by atoms with Crippen LogP contribution in [0.4, 0.5) is 19.2 Å². The van der Waals surface area contributed by atoms with E-state index in [0.717, 1.165) is 31.4 Å². The fraction of sp³-hybridized carbons (Fsp3) is 0.217. The molecule has 8 aromatic carbocycles. The van der Waals surface area contributed by atoms with Gasteiger partial charge in [0, 0.05) is 24.3 Å². The summed E-state index contributed by atoms with van der Waals surface area (Å²) in [6, 6.07) is 38.5. The van der Waals surface area contributed by atoms with Gasteiger partial charge in [0.05, 0.1) is 82.2 Å². The summed E-state index contributed by atoms with van der Waals surface area (Å²) >= 11 is 0. The summed E-state index contributed by atoms with van der Waals surface area (Å²) in [6.07, 6.45) is 4.36. The van der Waals surface area contributed by atoms with E-state index in [1.807, 2.05) is 0 Å². The molecule has 588 valence electrons. The Morgan fingerprint density at radius 2 is 0.531 bits per heavy atom. The highest BCUT2D eigenvalue weighted by atomic mass is 16.7. The molecular weight excluding hydrogens is 1480 g/mol. The van der Waals surface area contributed by atoms with Gasteiger partial charge < -0.3 is 80.5 Å². The number of hydrogen-bond donors (Lipinski definition) is 0. The molecule has 0 aromatic heterocycles. The molecule has 8 rings (SSSR count). The van der Waals surface area contributed by atoms with Crippen molar-refractivity contribution in [2.45, 2.75) is 58.3 Å². The van der Waals surface area contributed by atoms with Crippen LogP contribution in [-0.2, 0) is 61.8 Å². The maximum Gasteiger partial charge on any atom is 0.513 e. The normalized spacial score (nSPS) is 10.3. The first kappa shape index (κ1) is 85.8. The number of unbranched alkanes of at least 4 members (excludes halogenated alkanes) is 4. The van der Waals surface area contributed by atoms with E-state index in [4.69, 9.17) is 80.5 Å². The van der Waals surface area contributed by atoms with Crippen LogP contribution in [-0.4, -0.2) is 138 Å². The molecule has 0 heterocycles. The number of fused-ring (bicyclic) bond motifs is 2. The van der Waals surface area contributed by atoms with Crippen molar-refractivity contribution in [3.05, 3.63) is 242 Å². The van der Waals surface area contributed by atoms with Crippen molar-refractivity contribution in [3.63, 3.8) is 0 Å². The fourth-order valence-electron chi connectivity index (χ4n) is 9.40. The number of esters is 9. The first-order chi connectivity index (χ1) is 54.5. The molecule has 0 fully saturated rings. The first-order valence-corrected chi connectivity index (χ1v) is 34.6. The Labute approximate surface area is 646 Å². The van der Waals surface area contributed by atoms with Gasteiger partial charge in [0.15, 0.2) is 0 Å². The minimum Gasteiger partial charge on any atom is -0.465 e. The summed E-state index contributed by atoms with van der Waals surface area (Å²) in [6.45, 7) is 15.8. The van der Waals surface area contributed by atoms with Crippen molar-refractivity contribution in [2.75, 3.05) is 60.0 Å². The molecule has 30 nitrogen and oxygen atoms in total. The number of rotatable bonds is 37. The van der Waals surface area contributed by atoms with E-state index in [9.17, 15) is 62.3 Å². The smallest absolute Gasteiger partial charge is 0.465 e. The second kappa shape index (κ2) is 45.4. The zero-order valence-electron chi connectivity index (χ0n) is 61.2. The minimum absolute atomic E-state index is 0.0329. The second-order valence-electron chi connectivity index (χ2n) is 23.2. The molecule has 0 amide bonds. The van der Waals surface area contributed by atoms with Crippen LogP contribution in [0.2, 0.25) is 0 Å². The molecule has 0 atom stereocenters. The second-order valence-corrected chi connectivity index (χ2v) is 23.2. The summed E-state index contributed by atoms with van der Waals surface area (Å²) < 4.78 is 87.0. The topological polar surface area (TPSA) is 379 Å². The maximum atomic E-state index is 13.3. The summed E-state index contributed by atoms with van der Waals surface area (Å²) in [5, 5.41) is 2.52. The predicted octanol–water partition coefficient (Wildman–Crippen LogP) is 14.8. The molecule has 8 aromatic rings. The van der Waals surface area contributed by atoms with Gasteiger partial charge in [0.25, 0.3) is 0 Å². The number of hydrogen-bond acceptors (Lipinski definition) is 30. The van der Waals surface area contributed by atoms with E-state index in [-0.39, 0.29) is 127 Å². The number of aryl methyl sites for hydroxylation is 1. The molecule has 0 saturated carbocycles. The molecule has 0 N–H and O–H groups in total. The summed E-state index contributed by atoms with van der Waals surface area (Å²) in [7, 11) is 1.14. The van der Waals surface area contributed by atoms with Crippen molar-refractivity contribution >= 4 is 99.9 Å². The van der Waals surface area contributed by atoms with Gasteiger partial charge in [0.2, 0.25) is 0 Å². The van der Waals surface area contributed by atoms with Gasteiger partial charge in [-0.1, -0.05) is 50.6 Å². The lowest BCUT2D eigenvalue weighted by atomic mass is 10.1. The van der Waals surface area contributed by atoms with Crippen molar-refractivity contribution in [3.8, 4) is 46.0 Å². The van der Waals surface area contributed by atoms with Gasteiger partial charge >= 0.3 is 78.3 Å². The monoisotopic (exact) mass is 1550 g/mol. The summed E-state index contributed by atoms with van der Waals surface area (Å²) in [5.41, 5.74) is 1.01. The van der Waals surface area contributed by atoms with Crippen LogP contribution in [0.25, 0.3) is 21.5 Å². The third kappa shape index (κ3) is 29.6. The van der Waals surface area contributed by atoms with Gasteiger partial charge in [-0.15, -0.1) is 0 Å². The van der Waals surface area contributed by atoms with E-state index in [1.165, 1.54) is 109 Å². The summed E-state index contributed by atoms with van der Waals surface area (Å²) in [5.74, 6) is -4.90. The van der Waals surface area contributed by atoms with E-state index >= 15 is 0 Å². The van der Waals surface area contributed by atoms with Gasteiger partial charge in [-0.3, -0.25) is 0 Å². The van der Waals surface area contributed by atoms with Crippen molar-refractivity contribution in [2.24, 2.45) is 0 Å². The van der Waals surface area contributed by atoms with E-state index in [1.54, 1.807) is 55.5 Å². The zero-order chi connectivity index (χ0) is 81.4. The third-order valence-corrected chi connectivity index (χ3v) is 15.1. The Kier molecular flexibility index (Phi) is 34.5. The highest BCUT2D eigenvalue weighted by Crippen LogP contribution is 2.31. The van der Waals surface area contributed by atoms with Crippen LogP contribution >= 0.6 is 0 Å². The Morgan fingerprint density at radius 1 is 0.265 bits per heavy atom. The number of carbonyl (C=O) groups is 13. The van der Waals surface area contributed by atoms with Gasteiger partial charge in [-0.2, -0.15) is 0 Å². The van der Waals surface area contributed by atoms with E-state index < -0.39 is 78.3 Å². The minimum atomic E-state index is -0.927. The van der Waals surface area contributed by atoms with Crippen molar-refractivity contribution in [1.82, 2.24) is 0 Å². The lowest BCUT2D eigenvalue weighted by Crippen LogP contribution is -2.14. The molecule has 0 aliphatic heterocycles. The van der Waals surface area contributed by atoms with E-state index in [0.29, 0.717) is 78.5 Å². The Balaban J connectivity index is 0.000000320. The molecule has 30 heteroatoms. The third-order valence-electron chi connectivity index (χ3n) is 15.1. The van der Waals surface area contributed by atoms with Crippen LogP contribution in [0.15, 0.2) is 208 Å². The SMILES string of the molecule is C=CC(=O)OCCCCOC(=O)Oc1ccc(C(=O)Oc2ccc(OC(=O)c3ccc(OC(=O)OCCCCOC(=O)C=C)cc3)c(C)c2)cc1.C=CC(=O)OCCCCOC(=O)Oc1ccc2cc(C(=O)Oc3ccc(OC(=O)c4ccc5cc(OC(=O)OCCCCOC(=O)C=C)ccc5c4)c(C(=O)OC)c3)ccc2c1. The van der Waals surface area contributed by atoms with Gasteiger partial charge in [-0.25, -0.2) is 62.3 Å². The number of ether oxygens (including phenoxy) is 17. The summed E-state index contributed by atoms with van der Waals surface area (Å²) in [4.78, 5) is 157. The molecule has 0 spiro atoms. The maximum absolute atomic E-state index is 13.3. The van der Waals surface area contributed by atoms with Crippen molar-refractivity contribution < 1.29 is 143 Å². The predicted molar refractivity (Wildman–Crippen MR) is 399 cm³/mol. The quantitative estimate of drug-likeness (QED) is 0.00871.